The molecule has 0 saturated heterocycles. The molecule has 0 aromatic heterocycles. The van der Waals surface area contributed by atoms with Crippen molar-refractivity contribution < 1.29 is 40.9 Å². The largest absolute Gasteiger partial charge is 0.394 e. The van der Waals surface area contributed by atoms with Crippen LogP contribution in [0.1, 0.15) is 205 Å². The van der Waals surface area contributed by atoms with Crippen LogP contribution >= 0.6 is 0 Å². The number of fused-ring (bicyclic) bond motifs is 16. The summed E-state index contributed by atoms with van der Waals surface area (Å²) in [4.78, 5) is 0. The molecule has 72 heavy (non-hydrogen) atoms. The van der Waals surface area contributed by atoms with E-state index in [1.54, 1.807) is 0 Å². The Morgan fingerprint density at radius 2 is 0.597 bits per heavy atom. The van der Waals surface area contributed by atoms with Gasteiger partial charge in [0, 0.05) is 5.22 Å². The Morgan fingerprint density at radius 1 is 0.333 bits per heavy atom. The van der Waals surface area contributed by atoms with Gasteiger partial charge in [-0.2, -0.15) is 0 Å². The lowest BCUT2D eigenvalue weighted by molar-refractivity contribution is -0.0477. The Bertz CT molecular complexity index is 2120. The Balaban J connectivity index is 1.18. The second kappa shape index (κ2) is 15.7. The lowest BCUT2D eigenvalue weighted by atomic mass is 9.94. The molecule has 16 heteroatoms. The summed E-state index contributed by atoms with van der Waals surface area (Å²) < 4.78 is 0. The van der Waals surface area contributed by atoms with Crippen LogP contribution in [0.3, 0.4) is 0 Å². The van der Waals surface area contributed by atoms with Gasteiger partial charge in [-0.15, -0.1) is 0 Å². The summed E-state index contributed by atoms with van der Waals surface area (Å²) in [6.07, 6.45) is 29.2. The van der Waals surface area contributed by atoms with Crippen LogP contribution in [0.25, 0.3) is 0 Å². The smallest absolute Gasteiger partial charge is 0.161 e. The van der Waals surface area contributed by atoms with Crippen LogP contribution in [0.4, 0.5) is 0 Å². The Hall–Kier alpha value is 1.42. The van der Waals surface area contributed by atoms with Gasteiger partial charge in [0.1, 0.15) is 14.2 Å². The first-order valence-electron chi connectivity index (χ1n) is 32.2. The summed E-state index contributed by atoms with van der Waals surface area (Å²) in [5.41, 5.74) is 0. The van der Waals surface area contributed by atoms with Crippen molar-refractivity contribution in [2.75, 3.05) is 0 Å². The molecule has 8 N–H and O–H groups in total. The highest BCUT2D eigenvalue weighted by Gasteiger charge is 3.03. The van der Waals surface area contributed by atoms with E-state index in [9.17, 15) is 0 Å². The zero-order chi connectivity index (χ0) is 49.1. The minimum Gasteiger partial charge on any atom is -0.394 e. The quantitative estimate of drug-likeness (QED) is 0.123. The third-order valence-corrected chi connectivity index (χ3v) is 163. The highest BCUT2D eigenvalue weighted by molar-refractivity contribution is 7.92. The summed E-state index contributed by atoms with van der Waals surface area (Å²) in [5, 5.41) is 120. The van der Waals surface area contributed by atoms with Crippen LogP contribution in [0.5, 0.6) is 0 Å². The van der Waals surface area contributed by atoms with Gasteiger partial charge in [0.15, 0.2) is 7.59 Å². The van der Waals surface area contributed by atoms with Crippen LogP contribution in [-0.2, 0) is 0 Å². The molecule has 0 aromatic rings. The van der Waals surface area contributed by atoms with Gasteiger partial charge >= 0.3 is 0 Å². The van der Waals surface area contributed by atoms with Gasteiger partial charge in [-0.3, -0.25) is 0 Å². The average molecular weight is 1120 g/mol. The molecule has 25 atom stereocenters. The molecule has 16 bridgehead atoms. The van der Waals surface area contributed by atoms with Crippen LogP contribution in [0.2, 0.25) is 0 Å². The maximum atomic E-state index is 16.8. The first-order valence-corrected chi connectivity index (χ1v) is 59.5. The van der Waals surface area contributed by atoms with E-state index in [4.69, 9.17) is 0 Å². The molecule has 0 aliphatic heterocycles. The monoisotopic (exact) mass is 1120 g/mol. The summed E-state index contributed by atoms with van der Waals surface area (Å²) in [5.74, 6) is 2.39. The maximum absolute atomic E-state index is 16.8. The molecule has 16 aliphatic carbocycles. The molecule has 16 rings (SSSR count). The molecule has 0 radical (unpaired) electrons. The fourth-order valence-electron chi connectivity index (χ4n) is 29.4. The highest BCUT2D eigenvalue weighted by Crippen LogP contribution is 2.82. The number of hydrogen-bond donors (Lipinski definition) is 8. The molecule has 8 nitrogen and oxygen atoms in total. The molecule has 16 fully saturated rings. The van der Waals surface area contributed by atoms with Crippen molar-refractivity contribution in [3.8, 4) is 0 Å². The standard InChI is InChI=1S/C56H98O8Si8/c57-49(25-33-1-9-41(49)17-33)69(68-67-66-65)71(53(61)29-37-5-13-45(53)21-37,54(62)30-38-6-14-46(54)22-38)72(55(63)31-39-7-15-47(55)23-39,56(64)32-40-8-16-48(56)24-40)70(50(58)26-34-2-10-42(50)18-34,51(59)27-35-3-11-43(51)19-35)52(60)28-36-4-12-44(52)20-36/h33-48,57-64,69H,1-32,66-68H2,65H3. The number of aliphatic hydroxyl groups is 8. The summed E-state index contributed by atoms with van der Waals surface area (Å²) in [7, 11) is -17.4. The van der Waals surface area contributed by atoms with Crippen molar-refractivity contribution in [2.24, 2.45) is 94.7 Å². The first-order chi connectivity index (χ1) is 34.4. The first kappa shape index (κ1) is 49.2. The lowest BCUT2D eigenvalue weighted by Crippen LogP contribution is -3.15. The molecule has 0 amide bonds. The highest BCUT2D eigenvalue weighted by atomic mass is 30.0. The molecule has 0 heterocycles. The van der Waals surface area contributed by atoms with Crippen LogP contribution < -0.4 is 0 Å². The number of rotatable bonds is 14. The van der Waals surface area contributed by atoms with Crippen LogP contribution in [0, 0.1) is 94.7 Å². The number of hydrogen-bond acceptors (Lipinski definition) is 8. The van der Waals surface area contributed by atoms with E-state index in [0.29, 0.717) is 92.3 Å². The van der Waals surface area contributed by atoms with Gasteiger partial charge in [0.25, 0.3) is 0 Å². The van der Waals surface area contributed by atoms with Crippen molar-refractivity contribution in [1.82, 2.24) is 0 Å². The van der Waals surface area contributed by atoms with Gasteiger partial charge in [-0.25, -0.2) is 0 Å². The predicted molar refractivity (Wildman–Crippen MR) is 303 cm³/mol. The van der Waals surface area contributed by atoms with E-state index < -0.39 is 88.5 Å². The summed E-state index contributed by atoms with van der Waals surface area (Å²) >= 11 is 0. The summed E-state index contributed by atoms with van der Waals surface area (Å²) in [6, 6.07) is 0. The SMILES string of the molecule is OC1([SiH]([SiH2][SiH2][SiH2][SiH3])[Si](C2(O)CC3CCC2C3)(C2(O)CC3CCC2C3)[Si](C2(O)CC3CCC2C3)(C2(O)CC3CCC2C3)[Si](C2(O)CC3CCC2C3)(C2(O)CC3CCC2C3)C2(O)CC3CCC2C3)CC2CCC1C2. The zero-order valence-electron chi connectivity index (χ0n) is 44.6. The second-order valence-corrected chi connectivity index (χ2v) is 96.5. The molecular weight excluding hydrogens is 1030 g/mol. The van der Waals surface area contributed by atoms with Gasteiger partial charge in [0.2, 0.25) is 0 Å². The minimum atomic E-state index is -4.85. The topological polar surface area (TPSA) is 162 Å². The third-order valence-electron chi connectivity index (χ3n) is 30.3. The molecule has 0 spiro atoms. The zero-order valence-corrected chi connectivity index (χ0v) is 55.0. The predicted octanol–water partition coefficient (Wildman–Crippen LogP) is 2.63. The molecular formula is C56H98O8Si8. The van der Waals surface area contributed by atoms with Crippen molar-refractivity contribution in [2.45, 2.75) is 247 Å². The Kier molecular flexibility index (Phi) is 10.7. The fourth-order valence-corrected chi connectivity index (χ4v) is 269. The van der Waals surface area contributed by atoms with E-state index in [-0.39, 0.29) is 55.9 Å². The Morgan fingerprint density at radius 3 is 0.833 bits per heavy atom. The normalized spacial score (nSPS) is 62.2. The maximum Gasteiger partial charge on any atom is 0.161 e. The van der Waals surface area contributed by atoms with E-state index >= 15 is 40.9 Å². The lowest BCUT2D eigenvalue weighted by Gasteiger charge is -2.84. The third kappa shape index (κ3) is 5.30. The van der Waals surface area contributed by atoms with Crippen LogP contribution in [0.15, 0.2) is 0 Å². The van der Waals surface area contributed by atoms with Gasteiger partial charge in [0.05, 0.1) is 44.4 Å². The van der Waals surface area contributed by atoms with Crippen LogP contribution in [-0.4, -0.2) is 148 Å². The Labute approximate surface area is 445 Å². The van der Waals surface area contributed by atoms with Crippen molar-refractivity contribution >= 4 is 65.1 Å². The molecule has 0 aromatic carbocycles. The van der Waals surface area contributed by atoms with Crippen molar-refractivity contribution in [1.29, 1.82) is 0 Å². The van der Waals surface area contributed by atoms with E-state index in [2.05, 4.69) is 0 Å². The van der Waals surface area contributed by atoms with Crippen molar-refractivity contribution in [3.05, 3.63) is 0 Å². The van der Waals surface area contributed by atoms with E-state index in [1.165, 1.54) is 16.2 Å². The average Bonchev–Trinajstić information content (AvgIpc) is 4.22. The minimum absolute atomic E-state index is 0.0135. The van der Waals surface area contributed by atoms with E-state index in [0.717, 1.165) is 154 Å². The van der Waals surface area contributed by atoms with Crippen molar-refractivity contribution in [3.63, 3.8) is 0 Å². The molecule has 402 valence electrons. The van der Waals surface area contributed by atoms with E-state index in [1.807, 2.05) is 0 Å². The molecule has 25 unspecified atom stereocenters. The molecule has 16 saturated carbocycles. The van der Waals surface area contributed by atoms with Gasteiger partial charge < -0.3 is 40.9 Å². The second-order valence-electron chi connectivity index (χ2n) is 32.1. The van der Waals surface area contributed by atoms with Gasteiger partial charge in [-0.05, 0) is 336 Å². The summed E-state index contributed by atoms with van der Waals surface area (Å²) in [6.45, 7) is 0. The fraction of sp³-hybridized carbons (Fsp3) is 1.00. The van der Waals surface area contributed by atoms with Gasteiger partial charge in [-0.1, -0.05) is 0 Å². The molecule has 16 aliphatic rings.